The van der Waals surface area contributed by atoms with E-state index in [0.717, 1.165) is 10.5 Å². The minimum atomic E-state index is -1.25. The lowest BCUT2D eigenvalue weighted by molar-refractivity contribution is 0.229. The van der Waals surface area contributed by atoms with Gasteiger partial charge in [0.2, 0.25) is 0 Å². The Morgan fingerprint density at radius 1 is 1.31 bits per heavy atom. The predicted molar refractivity (Wildman–Crippen MR) is 66.4 cm³/mol. The fourth-order valence-corrected chi connectivity index (χ4v) is 2.39. The van der Waals surface area contributed by atoms with Gasteiger partial charge in [0, 0.05) is 6.04 Å². The van der Waals surface area contributed by atoms with Crippen LogP contribution in [0.5, 0.6) is 0 Å². The topological polar surface area (TPSA) is 49.3 Å². The highest BCUT2D eigenvalue weighted by Gasteiger charge is 2.15. The van der Waals surface area contributed by atoms with Gasteiger partial charge in [-0.25, -0.2) is 8.93 Å². The van der Waals surface area contributed by atoms with Crippen LogP contribution in [0.2, 0.25) is 0 Å². The zero-order valence-corrected chi connectivity index (χ0v) is 10.8. The smallest absolute Gasteiger partial charge is 0.125 e. The zero-order valence-electron chi connectivity index (χ0n) is 9.93. The average molecular weight is 241 g/mol. The van der Waals surface area contributed by atoms with E-state index < -0.39 is 11.0 Å². The van der Waals surface area contributed by atoms with E-state index in [-0.39, 0.29) is 18.6 Å². The van der Waals surface area contributed by atoms with Crippen molar-refractivity contribution in [2.45, 2.75) is 31.7 Å². The molecule has 0 saturated heterocycles. The molecule has 0 aromatic heterocycles. The second kappa shape index (κ2) is 6.13. The maximum atomic E-state index is 11.9. The van der Waals surface area contributed by atoms with E-state index in [1.165, 1.54) is 0 Å². The maximum Gasteiger partial charge on any atom is 0.125 e. The van der Waals surface area contributed by atoms with Crippen molar-refractivity contribution in [3.05, 3.63) is 29.8 Å². The molecule has 1 aromatic rings. The summed E-state index contributed by atoms with van der Waals surface area (Å²) in [6, 6.07) is 7.40. The Morgan fingerprint density at radius 2 is 1.88 bits per heavy atom. The normalized spacial score (nSPS) is 15.1. The van der Waals surface area contributed by atoms with Crippen molar-refractivity contribution in [2.24, 2.45) is 5.92 Å². The highest BCUT2D eigenvalue weighted by atomic mass is 32.2. The Morgan fingerprint density at radius 3 is 2.31 bits per heavy atom. The van der Waals surface area contributed by atoms with Crippen molar-refractivity contribution < 1.29 is 9.32 Å². The molecule has 0 spiro atoms. The number of benzene rings is 1. The van der Waals surface area contributed by atoms with Crippen LogP contribution in [0, 0.1) is 12.8 Å². The summed E-state index contributed by atoms with van der Waals surface area (Å²) >= 11 is 0. The molecule has 0 heterocycles. The number of aryl methyl sites for hydroxylation is 1. The first kappa shape index (κ1) is 13.4. The molecule has 2 N–H and O–H groups in total. The van der Waals surface area contributed by atoms with E-state index in [0.29, 0.717) is 0 Å². The van der Waals surface area contributed by atoms with Gasteiger partial charge in [-0.1, -0.05) is 31.5 Å². The lowest BCUT2D eigenvalue weighted by Crippen LogP contribution is -2.38. The van der Waals surface area contributed by atoms with Crippen LogP contribution in [0.15, 0.2) is 29.2 Å². The Balaban J connectivity index is 2.68. The second-order valence-corrected chi connectivity index (χ2v) is 5.48. The third kappa shape index (κ3) is 3.70. The molecule has 16 heavy (non-hydrogen) atoms. The van der Waals surface area contributed by atoms with Gasteiger partial charge in [0.05, 0.1) is 11.5 Å². The van der Waals surface area contributed by atoms with Gasteiger partial charge in [-0.2, -0.15) is 0 Å². The summed E-state index contributed by atoms with van der Waals surface area (Å²) < 4.78 is 14.8. The first-order valence-electron chi connectivity index (χ1n) is 5.40. The Hall–Kier alpha value is -0.710. The maximum absolute atomic E-state index is 11.9. The Bertz CT molecular complexity index is 349. The lowest BCUT2D eigenvalue weighted by Gasteiger charge is -2.19. The number of nitrogens with one attached hydrogen (secondary N) is 1. The van der Waals surface area contributed by atoms with Crippen molar-refractivity contribution in [3.8, 4) is 0 Å². The van der Waals surface area contributed by atoms with Crippen LogP contribution in [0.25, 0.3) is 0 Å². The van der Waals surface area contributed by atoms with Crippen molar-refractivity contribution in [1.82, 2.24) is 4.72 Å². The summed E-state index contributed by atoms with van der Waals surface area (Å²) in [5, 5.41) is 9.14. The molecule has 0 saturated carbocycles. The average Bonchev–Trinajstić information content (AvgIpc) is 2.26. The molecule has 0 amide bonds. The van der Waals surface area contributed by atoms with Crippen molar-refractivity contribution in [2.75, 3.05) is 6.61 Å². The largest absolute Gasteiger partial charge is 0.395 e. The van der Waals surface area contributed by atoms with Gasteiger partial charge in [-0.3, -0.25) is 0 Å². The van der Waals surface area contributed by atoms with E-state index in [1.54, 1.807) is 0 Å². The summed E-state index contributed by atoms with van der Waals surface area (Å²) in [5.74, 6) is 0.249. The number of aliphatic hydroxyl groups excluding tert-OH is 1. The third-order valence-corrected chi connectivity index (χ3v) is 3.71. The lowest BCUT2D eigenvalue weighted by atomic mass is 10.1. The molecule has 4 heteroatoms. The molecule has 0 bridgehead atoms. The van der Waals surface area contributed by atoms with Crippen LogP contribution in [0.3, 0.4) is 0 Å². The van der Waals surface area contributed by atoms with Crippen LogP contribution in [-0.2, 0) is 11.0 Å². The van der Waals surface area contributed by atoms with Crippen LogP contribution in [0.4, 0.5) is 0 Å². The number of aliphatic hydroxyl groups is 1. The summed E-state index contributed by atoms with van der Waals surface area (Å²) in [6.07, 6.45) is 0. The molecular weight excluding hydrogens is 222 g/mol. The van der Waals surface area contributed by atoms with E-state index in [4.69, 9.17) is 5.11 Å². The fourth-order valence-electron chi connectivity index (χ4n) is 1.25. The van der Waals surface area contributed by atoms with E-state index in [2.05, 4.69) is 4.72 Å². The van der Waals surface area contributed by atoms with Gasteiger partial charge in [0.15, 0.2) is 0 Å². The summed E-state index contributed by atoms with van der Waals surface area (Å²) in [5.41, 5.74) is 1.14. The molecule has 1 unspecified atom stereocenters. The van der Waals surface area contributed by atoms with Crippen molar-refractivity contribution in [3.63, 3.8) is 0 Å². The molecule has 0 aliphatic carbocycles. The van der Waals surface area contributed by atoms with Gasteiger partial charge in [0.25, 0.3) is 0 Å². The quantitative estimate of drug-likeness (QED) is 0.823. The highest BCUT2D eigenvalue weighted by Crippen LogP contribution is 2.09. The first-order valence-corrected chi connectivity index (χ1v) is 6.55. The summed E-state index contributed by atoms with van der Waals surface area (Å²) in [7, 11) is -1.25. The van der Waals surface area contributed by atoms with Gasteiger partial charge >= 0.3 is 0 Å². The second-order valence-electron chi connectivity index (χ2n) is 4.23. The summed E-state index contributed by atoms with van der Waals surface area (Å²) in [4.78, 5) is 0.740. The predicted octanol–water partition coefficient (Wildman–Crippen LogP) is 1.62. The van der Waals surface area contributed by atoms with E-state index in [1.807, 2.05) is 45.0 Å². The van der Waals surface area contributed by atoms with Gasteiger partial charge in [-0.15, -0.1) is 0 Å². The molecule has 2 atom stereocenters. The highest BCUT2D eigenvalue weighted by molar-refractivity contribution is 7.83. The van der Waals surface area contributed by atoms with Crippen LogP contribution >= 0.6 is 0 Å². The molecule has 0 aliphatic heterocycles. The molecule has 0 radical (unpaired) electrons. The van der Waals surface area contributed by atoms with Crippen LogP contribution in [-0.4, -0.2) is 22.0 Å². The van der Waals surface area contributed by atoms with E-state index in [9.17, 15) is 4.21 Å². The van der Waals surface area contributed by atoms with E-state index >= 15 is 0 Å². The van der Waals surface area contributed by atoms with Gasteiger partial charge in [-0.05, 0) is 25.0 Å². The minimum Gasteiger partial charge on any atom is -0.395 e. The Kier molecular flexibility index (Phi) is 5.12. The minimum absolute atomic E-state index is 0.00469. The fraction of sp³-hybridized carbons (Fsp3) is 0.500. The SMILES string of the molecule is Cc1ccc(S(=O)N[C@H](CO)C(C)C)cc1. The van der Waals surface area contributed by atoms with Crippen molar-refractivity contribution >= 4 is 11.0 Å². The molecule has 3 nitrogen and oxygen atoms in total. The van der Waals surface area contributed by atoms with Crippen molar-refractivity contribution in [1.29, 1.82) is 0 Å². The molecule has 1 rings (SSSR count). The van der Waals surface area contributed by atoms with Gasteiger partial charge < -0.3 is 5.11 Å². The zero-order chi connectivity index (χ0) is 12.1. The Labute approximate surface area is 99.5 Å². The first-order chi connectivity index (χ1) is 7.54. The van der Waals surface area contributed by atoms with Crippen LogP contribution in [0.1, 0.15) is 19.4 Å². The molecule has 1 aromatic carbocycles. The standard InChI is InChI=1S/C12H19NO2S/c1-9(2)12(8-14)13-16(15)11-6-4-10(3)5-7-11/h4-7,9,12-14H,8H2,1-3H3/t12-,16?/m1/s1. The molecule has 0 fully saturated rings. The molecule has 0 aliphatic rings. The number of hydrogen-bond acceptors (Lipinski definition) is 2. The molecule has 90 valence electrons. The number of rotatable bonds is 5. The monoisotopic (exact) mass is 241 g/mol. The summed E-state index contributed by atoms with van der Waals surface area (Å²) in [6.45, 7) is 5.96. The number of hydrogen-bond donors (Lipinski definition) is 2. The molecular formula is C12H19NO2S. The third-order valence-electron chi connectivity index (χ3n) is 2.49. The van der Waals surface area contributed by atoms with Crippen LogP contribution < -0.4 is 4.72 Å². The van der Waals surface area contributed by atoms with Gasteiger partial charge in [0.1, 0.15) is 11.0 Å².